The lowest BCUT2D eigenvalue weighted by atomic mass is 10.0. The molecule has 0 aliphatic carbocycles. The lowest BCUT2D eigenvalue weighted by molar-refractivity contribution is -0.142. The van der Waals surface area contributed by atoms with E-state index in [-0.39, 0.29) is 23.9 Å². The number of amides is 2. The Kier molecular flexibility index (Phi) is 8.76. The summed E-state index contributed by atoms with van der Waals surface area (Å²) in [4.78, 5) is 28.4. The number of sulfonamides is 1. The van der Waals surface area contributed by atoms with Crippen molar-refractivity contribution >= 4 is 32.6 Å². The number of rotatable bonds is 9. The van der Waals surface area contributed by atoms with E-state index in [0.29, 0.717) is 6.42 Å². The minimum atomic E-state index is -3.93. The number of nitrogens with one attached hydrogen (secondary N) is 1. The number of fused-ring (bicyclic) bond motifs is 1. The van der Waals surface area contributed by atoms with Crippen LogP contribution in [0.4, 0.5) is 0 Å². The zero-order valence-electron chi connectivity index (χ0n) is 22.5. The second-order valence-corrected chi connectivity index (χ2v) is 12.5. The molecule has 3 aromatic rings. The molecule has 0 aliphatic heterocycles. The molecule has 3 rings (SSSR count). The van der Waals surface area contributed by atoms with Crippen molar-refractivity contribution in [3.8, 4) is 0 Å². The Morgan fingerprint density at radius 3 is 2.24 bits per heavy atom. The van der Waals surface area contributed by atoms with Gasteiger partial charge in [0.2, 0.25) is 21.8 Å². The highest BCUT2D eigenvalue weighted by Crippen LogP contribution is 2.22. The van der Waals surface area contributed by atoms with E-state index < -0.39 is 27.5 Å². The van der Waals surface area contributed by atoms with Gasteiger partial charge in [0.25, 0.3) is 0 Å². The molecular weight excluding hydrogens is 486 g/mol. The van der Waals surface area contributed by atoms with E-state index in [1.165, 1.54) is 11.9 Å². The molecule has 198 valence electrons. The van der Waals surface area contributed by atoms with E-state index >= 15 is 0 Å². The van der Waals surface area contributed by atoms with E-state index in [2.05, 4.69) is 5.32 Å². The van der Waals surface area contributed by atoms with Crippen LogP contribution in [0.25, 0.3) is 10.8 Å². The summed E-state index contributed by atoms with van der Waals surface area (Å²) >= 11 is 0. The number of hydrogen-bond donors (Lipinski definition) is 1. The minimum absolute atomic E-state index is 0.115. The van der Waals surface area contributed by atoms with Gasteiger partial charge < -0.3 is 10.2 Å². The smallest absolute Gasteiger partial charge is 0.243 e. The summed E-state index contributed by atoms with van der Waals surface area (Å²) in [6, 6.07) is 19.4. The second-order valence-electron chi connectivity index (χ2n) is 10.4. The van der Waals surface area contributed by atoms with Gasteiger partial charge in [-0.15, -0.1) is 0 Å². The third-order valence-electron chi connectivity index (χ3n) is 6.11. The molecule has 0 saturated heterocycles. The summed E-state index contributed by atoms with van der Waals surface area (Å²) in [6.07, 6.45) is 0.389. The highest BCUT2D eigenvalue weighted by atomic mass is 32.2. The maximum atomic E-state index is 13.6. The molecule has 0 bridgehead atoms. The van der Waals surface area contributed by atoms with E-state index in [4.69, 9.17) is 0 Å². The highest BCUT2D eigenvalue weighted by molar-refractivity contribution is 7.89. The van der Waals surface area contributed by atoms with E-state index in [0.717, 1.165) is 26.2 Å². The Balaban J connectivity index is 1.90. The van der Waals surface area contributed by atoms with Crippen LogP contribution < -0.4 is 5.32 Å². The normalized spacial score (nSPS) is 12.9. The summed E-state index contributed by atoms with van der Waals surface area (Å²) in [7, 11) is -2.54. The zero-order valence-corrected chi connectivity index (χ0v) is 23.3. The average Bonchev–Trinajstić information content (AvgIpc) is 2.82. The predicted octanol–water partition coefficient (Wildman–Crippen LogP) is 4.49. The van der Waals surface area contributed by atoms with Gasteiger partial charge in [-0.25, -0.2) is 8.42 Å². The maximum Gasteiger partial charge on any atom is 0.243 e. The molecule has 0 radical (unpaired) electrons. The summed E-state index contributed by atoms with van der Waals surface area (Å²) < 4.78 is 27.8. The Bertz CT molecular complexity index is 1380. The largest absolute Gasteiger partial charge is 0.350 e. The fourth-order valence-electron chi connectivity index (χ4n) is 4.25. The lowest BCUT2D eigenvalue weighted by Gasteiger charge is -2.34. The molecule has 0 aromatic heterocycles. The van der Waals surface area contributed by atoms with Gasteiger partial charge in [-0.2, -0.15) is 4.31 Å². The number of carbonyl (C=O) groups is 2. The third-order valence-corrected chi connectivity index (χ3v) is 7.91. The fourth-order valence-corrected chi connectivity index (χ4v) is 5.41. The summed E-state index contributed by atoms with van der Waals surface area (Å²) in [5.41, 5.74) is 1.43. The zero-order chi connectivity index (χ0) is 27.4. The quantitative estimate of drug-likeness (QED) is 0.448. The van der Waals surface area contributed by atoms with Gasteiger partial charge in [0.1, 0.15) is 6.04 Å². The van der Waals surface area contributed by atoms with Crippen molar-refractivity contribution in [1.82, 2.24) is 14.5 Å². The first-order valence-corrected chi connectivity index (χ1v) is 13.9. The Hall–Kier alpha value is -3.23. The Labute approximate surface area is 220 Å². The van der Waals surface area contributed by atoms with Crippen LogP contribution in [-0.2, 0) is 26.2 Å². The first-order valence-electron chi connectivity index (χ1n) is 12.4. The second kappa shape index (κ2) is 11.4. The number of hydrogen-bond acceptors (Lipinski definition) is 4. The van der Waals surface area contributed by atoms with Gasteiger partial charge in [-0.3, -0.25) is 9.59 Å². The van der Waals surface area contributed by atoms with Crippen LogP contribution in [0.3, 0.4) is 0 Å². The molecule has 3 aromatic carbocycles. The van der Waals surface area contributed by atoms with Crippen LogP contribution in [0.1, 0.15) is 45.2 Å². The van der Waals surface area contributed by atoms with Crippen LogP contribution in [0.2, 0.25) is 0 Å². The van der Waals surface area contributed by atoms with Gasteiger partial charge in [0.15, 0.2) is 0 Å². The third kappa shape index (κ3) is 7.17. The van der Waals surface area contributed by atoms with Gasteiger partial charge in [0.05, 0.1) is 11.4 Å². The topological polar surface area (TPSA) is 86.8 Å². The molecule has 37 heavy (non-hydrogen) atoms. The van der Waals surface area contributed by atoms with Crippen molar-refractivity contribution < 1.29 is 18.0 Å². The number of aryl methyl sites for hydroxylation is 1. The molecule has 0 saturated carbocycles. The maximum absolute atomic E-state index is 13.6. The highest BCUT2D eigenvalue weighted by Gasteiger charge is 2.33. The Morgan fingerprint density at radius 1 is 0.946 bits per heavy atom. The first kappa shape index (κ1) is 28.3. The van der Waals surface area contributed by atoms with E-state index in [1.807, 2.05) is 83.1 Å². The van der Waals surface area contributed by atoms with Crippen LogP contribution in [-0.4, -0.2) is 54.6 Å². The van der Waals surface area contributed by atoms with E-state index in [9.17, 15) is 18.0 Å². The molecule has 0 aliphatic rings. The van der Waals surface area contributed by atoms with Gasteiger partial charge in [-0.05, 0) is 62.6 Å². The molecule has 1 unspecified atom stereocenters. The molecule has 0 heterocycles. The average molecular weight is 524 g/mol. The van der Waals surface area contributed by atoms with Crippen molar-refractivity contribution in [2.24, 2.45) is 0 Å². The van der Waals surface area contributed by atoms with Gasteiger partial charge in [0, 0.05) is 19.1 Å². The predicted molar refractivity (Wildman–Crippen MR) is 147 cm³/mol. The number of nitrogens with zero attached hydrogens (tertiary/aromatic N) is 2. The monoisotopic (exact) mass is 523 g/mol. The number of carbonyl (C=O) groups excluding carboxylic acids is 2. The lowest BCUT2D eigenvalue weighted by Crippen LogP contribution is -2.55. The SMILES string of the molecule is CCC(C(=O)NC(C)(C)C)N(Cc1cccc(C)c1)C(=O)CN(C)S(=O)(=O)c1ccc2ccccc2c1. The van der Waals surface area contributed by atoms with Crippen molar-refractivity contribution in [3.05, 3.63) is 77.9 Å². The molecule has 7 nitrogen and oxygen atoms in total. The molecule has 2 amide bonds. The molecule has 1 atom stereocenters. The van der Waals surface area contributed by atoms with Crippen molar-refractivity contribution in [2.45, 2.75) is 64.1 Å². The van der Waals surface area contributed by atoms with E-state index in [1.54, 1.807) is 18.2 Å². The molecule has 0 fully saturated rings. The fraction of sp³-hybridized carbons (Fsp3) is 0.379. The van der Waals surface area contributed by atoms with Crippen LogP contribution in [0.5, 0.6) is 0 Å². The Morgan fingerprint density at radius 2 is 1.62 bits per heavy atom. The summed E-state index contributed by atoms with van der Waals surface area (Å²) in [5, 5.41) is 4.70. The number of likely N-dealkylation sites (N-methyl/N-ethyl adjacent to an activating group) is 1. The standard InChI is InChI=1S/C29H37N3O4S/c1-7-26(28(34)30-29(3,4)5)32(19-22-12-10-11-21(2)17-22)27(33)20-31(6)37(35,36)25-16-15-23-13-8-9-14-24(23)18-25/h8-18,26H,7,19-20H2,1-6H3,(H,30,34). The van der Waals surface area contributed by atoms with Crippen LogP contribution in [0.15, 0.2) is 71.6 Å². The van der Waals surface area contributed by atoms with Crippen LogP contribution in [0, 0.1) is 6.92 Å². The number of benzene rings is 3. The molecule has 1 N–H and O–H groups in total. The van der Waals surface area contributed by atoms with Crippen molar-refractivity contribution in [2.75, 3.05) is 13.6 Å². The molecular formula is C29H37N3O4S. The molecule has 0 spiro atoms. The van der Waals surface area contributed by atoms with Crippen molar-refractivity contribution in [3.63, 3.8) is 0 Å². The minimum Gasteiger partial charge on any atom is -0.350 e. The van der Waals surface area contributed by atoms with Gasteiger partial charge in [-0.1, -0.05) is 67.1 Å². The van der Waals surface area contributed by atoms with Gasteiger partial charge >= 0.3 is 0 Å². The molecule has 8 heteroatoms. The van der Waals surface area contributed by atoms with Crippen molar-refractivity contribution in [1.29, 1.82) is 0 Å². The first-order chi connectivity index (χ1) is 17.3. The summed E-state index contributed by atoms with van der Waals surface area (Å²) in [6.45, 7) is 9.26. The van der Waals surface area contributed by atoms with Crippen LogP contribution >= 0.6 is 0 Å². The summed E-state index contributed by atoms with van der Waals surface area (Å²) in [5.74, 6) is -0.708.